The smallest absolute Gasteiger partial charge is 0.416 e. The lowest BCUT2D eigenvalue weighted by Gasteiger charge is -2.33. The van der Waals surface area contributed by atoms with Crippen molar-refractivity contribution in [1.82, 2.24) is 5.32 Å². The third-order valence-electron chi connectivity index (χ3n) is 5.31. The molecule has 0 fully saturated rings. The van der Waals surface area contributed by atoms with Gasteiger partial charge in [0.1, 0.15) is 0 Å². The zero-order valence-corrected chi connectivity index (χ0v) is 19.0. The molecule has 0 aliphatic rings. The molecule has 0 radical (unpaired) electrons. The number of halogens is 3. The predicted molar refractivity (Wildman–Crippen MR) is 124 cm³/mol. The lowest BCUT2D eigenvalue weighted by atomic mass is 9.74. The van der Waals surface area contributed by atoms with E-state index >= 15 is 0 Å². The van der Waals surface area contributed by atoms with Gasteiger partial charge in [0.2, 0.25) is 0 Å². The molecule has 0 saturated heterocycles. The monoisotopic (exact) mass is 476 g/mol. The number of amides is 2. The van der Waals surface area contributed by atoms with Gasteiger partial charge < -0.3 is 20.1 Å². The van der Waals surface area contributed by atoms with Gasteiger partial charge in [-0.2, -0.15) is 13.2 Å². The molecular formula is C25H27F3N2O4. The number of carbonyl (C=O) groups excluding carboxylic acids is 2. The molecule has 0 aromatic heterocycles. The van der Waals surface area contributed by atoms with Crippen LogP contribution in [0.3, 0.4) is 0 Å². The summed E-state index contributed by atoms with van der Waals surface area (Å²) in [5, 5.41) is 4.78. The highest BCUT2D eigenvalue weighted by Gasteiger charge is 2.33. The van der Waals surface area contributed by atoms with E-state index in [-0.39, 0.29) is 12.2 Å². The minimum absolute atomic E-state index is 0.0371. The van der Waals surface area contributed by atoms with Gasteiger partial charge in [0.05, 0.1) is 19.8 Å². The maximum Gasteiger partial charge on any atom is 0.416 e. The van der Waals surface area contributed by atoms with Gasteiger partial charge in [-0.3, -0.25) is 9.59 Å². The number of alkyl halides is 3. The van der Waals surface area contributed by atoms with Crippen molar-refractivity contribution in [2.24, 2.45) is 0 Å². The molecule has 0 saturated carbocycles. The van der Waals surface area contributed by atoms with E-state index in [2.05, 4.69) is 23.8 Å². The van der Waals surface area contributed by atoms with E-state index in [1.807, 2.05) is 6.07 Å². The van der Waals surface area contributed by atoms with Crippen LogP contribution in [0.4, 0.5) is 18.9 Å². The first-order valence-electron chi connectivity index (χ1n) is 10.3. The van der Waals surface area contributed by atoms with Crippen LogP contribution in [0.5, 0.6) is 11.5 Å². The maximum absolute atomic E-state index is 12.9. The number of allylic oxidation sites excluding steroid dienone is 2. The number of rotatable bonds is 10. The molecule has 182 valence electrons. The van der Waals surface area contributed by atoms with Crippen molar-refractivity contribution in [3.05, 3.63) is 78.9 Å². The number of anilines is 1. The van der Waals surface area contributed by atoms with Crippen LogP contribution in [0.2, 0.25) is 0 Å². The lowest BCUT2D eigenvalue weighted by molar-refractivity contribution is -0.137. The van der Waals surface area contributed by atoms with Crippen molar-refractivity contribution in [1.29, 1.82) is 0 Å². The molecule has 2 rings (SSSR count). The minimum atomic E-state index is -4.57. The van der Waals surface area contributed by atoms with Crippen molar-refractivity contribution in [2.75, 3.05) is 26.1 Å². The SMILES string of the molecule is C=CCC(CC=C)(CNC(=O)C(=O)Nc1cccc(C(F)(F)F)c1)c1ccc(OC)c(OC)c1. The van der Waals surface area contributed by atoms with Crippen molar-refractivity contribution in [3.8, 4) is 11.5 Å². The quantitative estimate of drug-likeness (QED) is 0.379. The molecule has 0 bridgehead atoms. The number of benzene rings is 2. The Labute approximate surface area is 196 Å². The second-order valence-electron chi connectivity index (χ2n) is 7.55. The third kappa shape index (κ3) is 6.40. The largest absolute Gasteiger partial charge is 0.493 e. The lowest BCUT2D eigenvalue weighted by Crippen LogP contribution is -2.44. The number of hydrogen-bond acceptors (Lipinski definition) is 4. The molecular weight excluding hydrogens is 449 g/mol. The van der Waals surface area contributed by atoms with Gasteiger partial charge in [-0.15, -0.1) is 13.2 Å². The van der Waals surface area contributed by atoms with E-state index in [0.29, 0.717) is 24.3 Å². The molecule has 2 amide bonds. The van der Waals surface area contributed by atoms with Gasteiger partial charge in [0.15, 0.2) is 11.5 Å². The molecule has 6 nitrogen and oxygen atoms in total. The fourth-order valence-electron chi connectivity index (χ4n) is 3.58. The first-order valence-corrected chi connectivity index (χ1v) is 10.3. The van der Waals surface area contributed by atoms with Crippen LogP contribution < -0.4 is 20.1 Å². The van der Waals surface area contributed by atoms with Crippen LogP contribution in [0.15, 0.2) is 67.8 Å². The Balaban J connectivity index is 2.23. The van der Waals surface area contributed by atoms with Gasteiger partial charge in [-0.05, 0) is 48.7 Å². The van der Waals surface area contributed by atoms with Crippen LogP contribution in [0.25, 0.3) is 0 Å². The van der Waals surface area contributed by atoms with Crippen LogP contribution >= 0.6 is 0 Å². The Hall–Kier alpha value is -3.75. The van der Waals surface area contributed by atoms with E-state index in [1.54, 1.807) is 24.3 Å². The zero-order chi connectivity index (χ0) is 25.4. The summed E-state index contributed by atoms with van der Waals surface area (Å²) in [5.41, 5.74) is -0.980. The summed E-state index contributed by atoms with van der Waals surface area (Å²) in [7, 11) is 3.02. The summed E-state index contributed by atoms with van der Waals surface area (Å²) in [6.45, 7) is 7.64. The van der Waals surface area contributed by atoms with Crippen LogP contribution in [-0.2, 0) is 21.2 Å². The Morgan fingerprint density at radius 2 is 1.56 bits per heavy atom. The summed E-state index contributed by atoms with van der Waals surface area (Å²) in [6, 6.07) is 9.38. The number of hydrogen-bond donors (Lipinski definition) is 2. The fraction of sp³-hybridized carbons (Fsp3) is 0.280. The highest BCUT2D eigenvalue weighted by Crippen LogP contribution is 2.38. The van der Waals surface area contributed by atoms with Gasteiger partial charge in [-0.25, -0.2) is 0 Å². The fourth-order valence-corrected chi connectivity index (χ4v) is 3.58. The van der Waals surface area contributed by atoms with Gasteiger partial charge in [-0.1, -0.05) is 24.3 Å². The number of methoxy groups -OCH3 is 2. The minimum Gasteiger partial charge on any atom is -0.493 e. The van der Waals surface area contributed by atoms with Crippen LogP contribution in [0.1, 0.15) is 24.0 Å². The van der Waals surface area contributed by atoms with Gasteiger partial charge in [0.25, 0.3) is 0 Å². The van der Waals surface area contributed by atoms with Crippen molar-refractivity contribution in [2.45, 2.75) is 24.4 Å². The second kappa shape index (κ2) is 11.4. The first kappa shape index (κ1) is 26.5. The Kier molecular flexibility index (Phi) is 8.89. The molecule has 0 heterocycles. The molecule has 0 unspecified atom stereocenters. The normalized spacial score (nSPS) is 11.3. The molecule has 2 aromatic rings. The van der Waals surface area contributed by atoms with Crippen LogP contribution in [-0.4, -0.2) is 32.6 Å². The molecule has 0 atom stereocenters. The van der Waals surface area contributed by atoms with Crippen molar-refractivity contribution >= 4 is 17.5 Å². The molecule has 34 heavy (non-hydrogen) atoms. The average molecular weight is 476 g/mol. The second-order valence-corrected chi connectivity index (χ2v) is 7.55. The van der Waals surface area contributed by atoms with Gasteiger partial charge >= 0.3 is 18.0 Å². The molecule has 9 heteroatoms. The number of nitrogens with one attached hydrogen (secondary N) is 2. The van der Waals surface area contributed by atoms with E-state index in [1.165, 1.54) is 20.3 Å². The Morgan fingerprint density at radius 3 is 2.12 bits per heavy atom. The van der Waals surface area contributed by atoms with Crippen molar-refractivity contribution < 1.29 is 32.2 Å². The summed E-state index contributed by atoms with van der Waals surface area (Å²) in [4.78, 5) is 24.8. The third-order valence-corrected chi connectivity index (χ3v) is 5.31. The van der Waals surface area contributed by atoms with Crippen molar-refractivity contribution in [3.63, 3.8) is 0 Å². The number of carbonyl (C=O) groups is 2. The number of ether oxygens (including phenoxy) is 2. The summed E-state index contributed by atoms with van der Waals surface area (Å²) in [5.74, 6) is -1.05. The van der Waals surface area contributed by atoms with E-state index in [0.717, 1.165) is 23.8 Å². The van der Waals surface area contributed by atoms with Gasteiger partial charge in [0, 0.05) is 17.6 Å². The molecule has 2 N–H and O–H groups in total. The Bertz CT molecular complexity index is 1040. The molecule has 2 aromatic carbocycles. The highest BCUT2D eigenvalue weighted by molar-refractivity contribution is 6.39. The zero-order valence-electron chi connectivity index (χ0n) is 19.0. The average Bonchev–Trinajstić information content (AvgIpc) is 2.81. The summed E-state index contributed by atoms with van der Waals surface area (Å²) < 4.78 is 49.4. The standard InChI is InChI=1S/C25H27F3N2O4/c1-5-12-24(13-6-2,17-10-11-20(33-3)21(15-17)34-4)16-29-22(31)23(32)30-19-9-7-8-18(14-19)25(26,27)28/h5-11,14-15H,1-2,12-13,16H2,3-4H3,(H,29,31)(H,30,32). The predicted octanol–water partition coefficient (Wildman–Crippen LogP) is 4.87. The van der Waals surface area contributed by atoms with E-state index in [9.17, 15) is 22.8 Å². The molecule has 0 aliphatic carbocycles. The first-order chi connectivity index (χ1) is 16.1. The van der Waals surface area contributed by atoms with E-state index < -0.39 is 29.0 Å². The highest BCUT2D eigenvalue weighted by atomic mass is 19.4. The van der Waals surface area contributed by atoms with E-state index in [4.69, 9.17) is 9.47 Å². The van der Waals surface area contributed by atoms with Crippen LogP contribution in [0, 0.1) is 0 Å². The molecule has 0 aliphatic heterocycles. The Morgan fingerprint density at radius 1 is 0.912 bits per heavy atom. The molecule has 0 spiro atoms. The summed E-state index contributed by atoms with van der Waals surface area (Å²) >= 11 is 0. The maximum atomic E-state index is 12.9. The summed E-state index contributed by atoms with van der Waals surface area (Å²) in [6.07, 6.45) is -0.324. The topological polar surface area (TPSA) is 76.7 Å².